The molecule has 0 aliphatic carbocycles. The highest BCUT2D eigenvalue weighted by Crippen LogP contribution is 2.04. The van der Waals surface area contributed by atoms with Crippen molar-refractivity contribution < 1.29 is 19.2 Å². The van der Waals surface area contributed by atoms with Gasteiger partial charge in [-0.3, -0.25) is 14.4 Å². The van der Waals surface area contributed by atoms with Crippen molar-refractivity contribution in [3.63, 3.8) is 0 Å². The molecular weight excluding hydrogens is 300 g/mol. The first-order valence-electron chi connectivity index (χ1n) is 7.81. The van der Waals surface area contributed by atoms with Crippen LogP contribution in [0, 0.1) is 5.92 Å². The molecule has 23 heavy (non-hydrogen) atoms. The Morgan fingerprint density at radius 3 is 2.26 bits per heavy atom. The lowest BCUT2D eigenvalue weighted by Gasteiger charge is -2.22. The number of hydrogen-bond donors (Lipinski definition) is 4. The topological polar surface area (TPSA) is 130 Å². The molecule has 132 valence electrons. The second-order valence-electron chi connectivity index (χ2n) is 5.73. The van der Waals surface area contributed by atoms with Gasteiger partial charge < -0.3 is 26.5 Å². The fourth-order valence-corrected chi connectivity index (χ4v) is 1.83. The van der Waals surface area contributed by atoms with E-state index in [2.05, 4.69) is 16.0 Å². The lowest BCUT2D eigenvalue weighted by atomic mass is 10.0. The lowest BCUT2D eigenvalue weighted by Crippen LogP contribution is -2.52. The summed E-state index contributed by atoms with van der Waals surface area (Å²) in [5.74, 6) is -1.24. The molecule has 0 unspecified atom stereocenters. The van der Waals surface area contributed by atoms with Crippen molar-refractivity contribution in [2.45, 2.75) is 52.1 Å². The lowest BCUT2D eigenvalue weighted by molar-refractivity contribution is -0.131. The number of hydrogen-bond acceptors (Lipinski definition) is 5. The van der Waals surface area contributed by atoms with Crippen molar-refractivity contribution in [1.29, 1.82) is 0 Å². The van der Waals surface area contributed by atoms with Gasteiger partial charge in [-0.25, -0.2) is 0 Å². The Morgan fingerprint density at radius 1 is 1.13 bits per heavy atom. The van der Waals surface area contributed by atoms with E-state index in [1.165, 1.54) is 6.92 Å². The van der Waals surface area contributed by atoms with Crippen molar-refractivity contribution in [3.8, 4) is 0 Å². The molecule has 0 saturated carbocycles. The molecule has 0 aromatic heterocycles. The molecule has 0 fully saturated rings. The molecule has 0 heterocycles. The zero-order chi connectivity index (χ0) is 17.8. The van der Waals surface area contributed by atoms with Gasteiger partial charge in [0.15, 0.2) is 0 Å². The predicted molar refractivity (Wildman–Crippen MR) is 86.4 cm³/mol. The second kappa shape index (κ2) is 11.6. The Balaban J connectivity index is 4.70. The van der Waals surface area contributed by atoms with Gasteiger partial charge in [0, 0.05) is 6.92 Å². The summed E-state index contributed by atoms with van der Waals surface area (Å²) in [6.07, 6.45) is 2.49. The number of nitrogens with two attached hydrogens (primary N) is 1. The number of unbranched alkanes of at least 4 members (excludes halogenated alkanes) is 1. The highest BCUT2D eigenvalue weighted by atomic mass is 16.2. The van der Waals surface area contributed by atoms with Crippen molar-refractivity contribution in [2.75, 3.05) is 13.1 Å². The van der Waals surface area contributed by atoms with Crippen LogP contribution in [0.1, 0.15) is 40.0 Å². The summed E-state index contributed by atoms with van der Waals surface area (Å²) in [4.78, 5) is 45.9. The van der Waals surface area contributed by atoms with Crippen molar-refractivity contribution >= 4 is 24.0 Å². The minimum atomic E-state index is -0.760. The first-order valence-corrected chi connectivity index (χ1v) is 7.81. The van der Waals surface area contributed by atoms with Crippen LogP contribution in [0.2, 0.25) is 0 Å². The second-order valence-corrected chi connectivity index (χ2v) is 5.73. The van der Waals surface area contributed by atoms with Crippen molar-refractivity contribution in [2.24, 2.45) is 11.7 Å². The number of amides is 3. The maximum Gasteiger partial charge on any atom is 0.243 e. The molecule has 8 heteroatoms. The SMILES string of the molecule is CC(=O)NCC(=O)N[C@@H](CCCCN)C(=O)N[C@H](C=O)C(C)C. The number of carbonyl (C=O) groups excluding carboxylic acids is 4. The summed E-state index contributed by atoms with van der Waals surface area (Å²) in [6.45, 7) is 5.24. The monoisotopic (exact) mass is 328 g/mol. The number of rotatable bonds is 11. The quantitative estimate of drug-likeness (QED) is 0.288. The third-order valence-corrected chi connectivity index (χ3v) is 3.27. The Labute approximate surface area is 136 Å². The number of aldehydes is 1. The normalized spacial score (nSPS) is 13.1. The molecule has 8 nitrogen and oxygen atoms in total. The van der Waals surface area contributed by atoms with Crippen molar-refractivity contribution in [1.82, 2.24) is 16.0 Å². The van der Waals surface area contributed by atoms with Gasteiger partial charge in [-0.05, 0) is 31.7 Å². The highest BCUT2D eigenvalue weighted by Gasteiger charge is 2.24. The summed E-state index contributed by atoms with van der Waals surface area (Å²) < 4.78 is 0. The molecule has 2 atom stereocenters. The van der Waals surface area contributed by atoms with Gasteiger partial charge in [0.05, 0.1) is 12.6 Å². The van der Waals surface area contributed by atoms with Crippen LogP contribution in [-0.4, -0.2) is 49.2 Å². The van der Waals surface area contributed by atoms with Gasteiger partial charge >= 0.3 is 0 Å². The van der Waals surface area contributed by atoms with E-state index in [1.807, 2.05) is 13.8 Å². The van der Waals surface area contributed by atoms with Gasteiger partial charge in [-0.2, -0.15) is 0 Å². The molecule has 0 aromatic carbocycles. The molecule has 0 radical (unpaired) electrons. The molecule has 0 rings (SSSR count). The van der Waals surface area contributed by atoms with Crippen LogP contribution >= 0.6 is 0 Å². The maximum absolute atomic E-state index is 12.3. The van der Waals surface area contributed by atoms with Crippen LogP contribution < -0.4 is 21.7 Å². The van der Waals surface area contributed by atoms with Gasteiger partial charge in [-0.1, -0.05) is 13.8 Å². The average Bonchev–Trinajstić information content (AvgIpc) is 2.49. The molecule has 0 aliphatic heterocycles. The van der Waals surface area contributed by atoms with Gasteiger partial charge in [0.25, 0.3) is 0 Å². The predicted octanol–water partition coefficient (Wildman–Crippen LogP) is -0.924. The van der Waals surface area contributed by atoms with Crippen LogP contribution in [0.5, 0.6) is 0 Å². The Hall–Kier alpha value is -1.96. The Morgan fingerprint density at radius 2 is 1.78 bits per heavy atom. The molecule has 0 bridgehead atoms. The van der Waals surface area contributed by atoms with E-state index in [9.17, 15) is 19.2 Å². The van der Waals surface area contributed by atoms with Gasteiger partial charge in [-0.15, -0.1) is 0 Å². The summed E-state index contributed by atoms with van der Waals surface area (Å²) >= 11 is 0. The molecule has 0 spiro atoms. The van der Waals surface area contributed by atoms with Crippen molar-refractivity contribution in [3.05, 3.63) is 0 Å². The van der Waals surface area contributed by atoms with Crippen LogP contribution in [0.15, 0.2) is 0 Å². The highest BCUT2D eigenvalue weighted by molar-refractivity contribution is 5.90. The van der Waals surface area contributed by atoms with Crippen LogP contribution in [0.3, 0.4) is 0 Å². The first-order chi connectivity index (χ1) is 10.8. The fourth-order valence-electron chi connectivity index (χ4n) is 1.83. The molecule has 0 saturated heterocycles. The van der Waals surface area contributed by atoms with Crippen LogP contribution in [-0.2, 0) is 19.2 Å². The summed E-state index contributed by atoms with van der Waals surface area (Å²) in [7, 11) is 0. The van der Waals surface area contributed by atoms with E-state index >= 15 is 0 Å². The molecular formula is C15H28N4O4. The maximum atomic E-state index is 12.3. The molecule has 3 amide bonds. The summed E-state index contributed by atoms with van der Waals surface area (Å²) in [6, 6.07) is -1.37. The first kappa shape index (κ1) is 21.0. The summed E-state index contributed by atoms with van der Waals surface area (Å²) in [5, 5.41) is 7.57. The molecule has 5 N–H and O–H groups in total. The minimum Gasteiger partial charge on any atom is -0.347 e. The Kier molecular flexibility index (Phi) is 10.6. The van der Waals surface area contributed by atoms with Crippen LogP contribution in [0.25, 0.3) is 0 Å². The van der Waals surface area contributed by atoms with E-state index in [1.54, 1.807) is 0 Å². The number of carbonyl (C=O) groups is 4. The standard InChI is InChI=1S/C15H28N4O4/c1-10(2)13(9-20)19-15(23)12(6-4-5-7-16)18-14(22)8-17-11(3)21/h9-10,12-13H,4-8,16H2,1-3H3,(H,17,21)(H,18,22)(H,19,23)/t12-,13+/m0/s1. The van der Waals surface area contributed by atoms with Gasteiger partial charge in [0.1, 0.15) is 12.3 Å². The Bertz CT molecular complexity index is 412. The summed E-state index contributed by atoms with van der Waals surface area (Å²) in [5.41, 5.74) is 5.43. The molecule has 0 aromatic rings. The molecule has 0 aliphatic rings. The minimum absolute atomic E-state index is 0.0452. The van der Waals surface area contributed by atoms with E-state index in [4.69, 9.17) is 5.73 Å². The zero-order valence-corrected chi connectivity index (χ0v) is 14.1. The van der Waals surface area contributed by atoms with E-state index < -0.39 is 23.9 Å². The third kappa shape index (κ3) is 9.62. The van der Waals surface area contributed by atoms with Crippen LogP contribution in [0.4, 0.5) is 0 Å². The smallest absolute Gasteiger partial charge is 0.243 e. The average molecular weight is 328 g/mol. The largest absolute Gasteiger partial charge is 0.347 e. The third-order valence-electron chi connectivity index (χ3n) is 3.27. The van der Waals surface area contributed by atoms with E-state index in [0.29, 0.717) is 25.7 Å². The van der Waals surface area contributed by atoms with Gasteiger partial charge in [0.2, 0.25) is 17.7 Å². The number of nitrogens with one attached hydrogen (secondary N) is 3. The zero-order valence-electron chi connectivity index (χ0n) is 14.1. The fraction of sp³-hybridized carbons (Fsp3) is 0.733. The van der Waals surface area contributed by atoms with E-state index in [0.717, 1.165) is 6.42 Å². The van der Waals surface area contributed by atoms with E-state index in [-0.39, 0.29) is 18.4 Å².